The number of aromatic hydroxyl groups is 1. The van der Waals surface area contributed by atoms with Crippen LogP contribution in [0.3, 0.4) is 0 Å². The first kappa shape index (κ1) is 18.2. The van der Waals surface area contributed by atoms with Crippen LogP contribution >= 0.6 is 0 Å². The summed E-state index contributed by atoms with van der Waals surface area (Å²) in [5.74, 6) is 0.482. The van der Waals surface area contributed by atoms with Gasteiger partial charge >= 0.3 is 0 Å². The Hall–Kier alpha value is -3.87. The van der Waals surface area contributed by atoms with Crippen LogP contribution in [0, 0.1) is 0 Å². The molecule has 0 atom stereocenters. The molecule has 2 aromatic carbocycles. The van der Waals surface area contributed by atoms with Gasteiger partial charge in [-0.1, -0.05) is 12.1 Å². The van der Waals surface area contributed by atoms with E-state index in [1.807, 2.05) is 30.3 Å². The van der Waals surface area contributed by atoms with E-state index in [2.05, 4.69) is 19.9 Å². The van der Waals surface area contributed by atoms with Crippen LogP contribution in [0.2, 0.25) is 0 Å². The summed E-state index contributed by atoms with van der Waals surface area (Å²) in [6.45, 7) is 0. The Morgan fingerprint density at radius 3 is 2.77 bits per heavy atom. The standard InChI is InChI=1S/C23H21N5O2/c24-23-22-21(25-13-26-23)18-5-2-6-19(18)28(22)16-9-7-15(8-10-16)27-20(30)12-14-3-1-4-17(29)11-14/h1,3-4,7-11,13,29H,2,5-6,12H2,(H,27,30)(H2,24,25,26). The highest BCUT2D eigenvalue weighted by atomic mass is 16.3. The normalized spacial score (nSPS) is 12.8. The van der Waals surface area contributed by atoms with E-state index < -0.39 is 0 Å². The highest BCUT2D eigenvalue weighted by Crippen LogP contribution is 2.36. The second-order valence-electron chi connectivity index (χ2n) is 7.51. The highest BCUT2D eigenvalue weighted by Gasteiger charge is 2.25. The summed E-state index contributed by atoms with van der Waals surface area (Å²) in [4.78, 5) is 21.0. The van der Waals surface area contributed by atoms with E-state index in [0.29, 0.717) is 11.5 Å². The molecule has 1 aliphatic rings. The number of fused-ring (bicyclic) bond motifs is 3. The number of anilines is 2. The van der Waals surface area contributed by atoms with Crippen molar-refractivity contribution in [3.63, 3.8) is 0 Å². The fourth-order valence-corrected chi connectivity index (χ4v) is 4.23. The van der Waals surface area contributed by atoms with E-state index >= 15 is 0 Å². The third-order valence-corrected chi connectivity index (χ3v) is 5.50. The average Bonchev–Trinajstić information content (AvgIpc) is 3.30. The number of nitrogens with zero attached hydrogens (tertiary/aromatic N) is 3. The molecular formula is C23H21N5O2. The lowest BCUT2D eigenvalue weighted by Crippen LogP contribution is -2.14. The first-order chi connectivity index (χ1) is 14.6. The van der Waals surface area contributed by atoms with Crippen LogP contribution < -0.4 is 11.1 Å². The van der Waals surface area contributed by atoms with E-state index in [1.165, 1.54) is 17.6 Å². The Bertz CT molecular complexity index is 1260. The molecule has 2 aromatic heterocycles. The number of rotatable bonds is 4. The maximum Gasteiger partial charge on any atom is 0.228 e. The van der Waals surface area contributed by atoms with Gasteiger partial charge in [0.05, 0.1) is 11.9 Å². The van der Waals surface area contributed by atoms with Crippen molar-refractivity contribution >= 4 is 28.4 Å². The molecule has 0 unspecified atom stereocenters. The molecule has 0 bridgehead atoms. The zero-order valence-corrected chi connectivity index (χ0v) is 16.3. The highest BCUT2D eigenvalue weighted by molar-refractivity contribution is 5.93. The number of nitrogen functional groups attached to an aromatic ring is 1. The Morgan fingerprint density at radius 2 is 1.97 bits per heavy atom. The number of amides is 1. The van der Waals surface area contributed by atoms with E-state index in [4.69, 9.17) is 5.73 Å². The van der Waals surface area contributed by atoms with Gasteiger partial charge in [0, 0.05) is 17.1 Å². The molecule has 5 rings (SSSR count). The lowest BCUT2D eigenvalue weighted by Gasteiger charge is -2.12. The Morgan fingerprint density at radius 1 is 1.13 bits per heavy atom. The van der Waals surface area contributed by atoms with Crippen molar-refractivity contribution in [2.24, 2.45) is 0 Å². The van der Waals surface area contributed by atoms with Crippen molar-refractivity contribution in [3.8, 4) is 11.4 Å². The second-order valence-corrected chi connectivity index (χ2v) is 7.51. The summed E-state index contributed by atoms with van der Waals surface area (Å²) in [6, 6.07) is 14.4. The minimum Gasteiger partial charge on any atom is -0.508 e. The smallest absolute Gasteiger partial charge is 0.228 e. The number of nitrogens with two attached hydrogens (primary N) is 1. The predicted octanol–water partition coefficient (Wildman–Crippen LogP) is 3.38. The number of carbonyl (C=O) groups is 1. The van der Waals surface area contributed by atoms with Gasteiger partial charge in [0.2, 0.25) is 5.91 Å². The minimum atomic E-state index is -0.140. The second kappa shape index (κ2) is 7.18. The van der Waals surface area contributed by atoms with Gasteiger partial charge in [0.25, 0.3) is 0 Å². The Balaban J connectivity index is 1.42. The van der Waals surface area contributed by atoms with Gasteiger partial charge in [0.1, 0.15) is 17.6 Å². The number of aromatic nitrogens is 3. The fourth-order valence-electron chi connectivity index (χ4n) is 4.23. The van der Waals surface area contributed by atoms with E-state index in [9.17, 15) is 9.90 Å². The third kappa shape index (κ3) is 3.14. The number of benzene rings is 2. The average molecular weight is 399 g/mol. The Kier molecular flexibility index (Phi) is 4.35. The molecule has 150 valence electrons. The summed E-state index contributed by atoms with van der Waals surface area (Å²) in [5, 5.41) is 12.5. The van der Waals surface area contributed by atoms with Crippen LogP contribution in [0.1, 0.15) is 23.2 Å². The minimum absolute atomic E-state index is 0.140. The zero-order chi connectivity index (χ0) is 20.7. The quantitative estimate of drug-likeness (QED) is 0.488. The summed E-state index contributed by atoms with van der Waals surface area (Å²) in [5.41, 5.74) is 12.9. The van der Waals surface area contributed by atoms with Crippen LogP contribution in [-0.4, -0.2) is 25.5 Å². The molecule has 4 aromatic rings. The van der Waals surface area contributed by atoms with E-state index in [0.717, 1.165) is 41.5 Å². The molecule has 7 heteroatoms. The van der Waals surface area contributed by atoms with Crippen LogP contribution in [0.25, 0.3) is 16.7 Å². The molecule has 0 aliphatic heterocycles. The van der Waals surface area contributed by atoms with Gasteiger partial charge in [-0.05, 0) is 66.8 Å². The molecule has 0 radical (unpaired) electrons. The van der Waals surface area contributed by atoms with Crippen LogP contribution in [0.5, 0.6) is 5.75 Å². The topological polar surface area (TPSA) is 106 Å². The molecule has 0 saturated carbocycles. The zero-order valence-electron chi connectivity index (χ0n) is 16.3. The largest absolute Gasteiger partial charge is 0.508 e. The molecule has 2 heterocycles. The fraction of sp³-hybridized carbons (Fsp3) is 0.174. The van der Waals surface area contributed by atoms with Gasteiger partial charge in [0.15, 0.2) is 5.82 Å². The van der Waals surface area contributed by atoms with Crippen molar-refractivity contribution in [3.05, 3.63) is 71.7 Å². The summed E-state index contributed by atoms with van der Waals surface area (Å²) in [6.07, 6.45) is 4.80. The number of nitrogens with one attached hydrogen (secondary N) is 1. The first-order valence-corrected chi connectivity index (χ1v) is 9.91. The van der Waals surface area contributed by atoms with Crippen molar-refractivity contribution < 1.29 is 9.90 Å². The van der Waals surface area contributed by atoms with Crippen LogP contribution in [-0.2, 0) is 24.1 Å². The maximum atomic E-state index is 12.3. The SMILES string of the molecule is Nc1ncnc2c3c(n(-c4ccc(NC(=O)Cc5cccc(O)c5)cc4)c12)CCC3. The van der Waals surface area contributed by atoms with Crippen molar-refractivity contribution in [2.75, 3.05) is 11.1 Å². The molecule has 30 heavy (non-hydrogen) atoms. The lowest BCUT2D eigenvalue weighted by atomic mass is 10.1. The summed E-state index contributed by atoms with van der Waals surface area (Å²) < 4.78 is 2.14. The van der Waals surface area contributed by atoms with Gasteiger partial charge in [-0.3, -0.25) is 4.79 Å². The monoisotopic (exact) mass is 399 g/mol. The van der Waals surface area contributed by atoms with Crippen molar-refractivity contribution in [1.82, 2.24) is 14.5 Å². The van der Waals surface area contributed by atoms with Crippen molar-refractivity contribution in [1.29, 1.82) is 0 Å². The van der Waals surface area contributed by atoms with Gasteiger partial charge in [-0.15, -0.1) is 0 Å². The molecule has 7 nitrogen and oxygen atoms in total. The van der Waals surface area contributed by atoms with E-state index in [1.54, 1.807) is 18.2 Å². The molecule has 0 spiro atoms. The van der Waals surface area contributed by atoms with Crippen molar-refractivity contribution in [2.45, 2.75) is 25.7 Å². The van der Waals surface area contributed by atoms with Gasteiger partial charge < -0.3 is 20.7 Å². The first-order valence-electron chi connectivity index (χ1n) is 9.91. The third-order valence-electron chi connectivity index (χ3n) is 5.50. The Labute approximate surface area is 173 Å². The van der Waals surface area contributed by atoms with Crippen LogP contribution in [0.4, 0.5) is 11.5 Å². The lowest BCUT2D eigenvalue weighted by molar-refractivity contribution is -0.115. The predicted molar refractivity (Wildman–Crippen MR) is 116 cm³/mol. The van der Waals surface area contributed by atoms with Gasteiger partial charge in [-0.2, -0.15) is 0 Å². The molecule has 4 N–H and O–H groups in total. The van der Waals surface area contributed by atoms with E-state index in [-0.39, 0.29) is 18.1 Å². The summed E-state index contributed by atoms with van der Waals surface area (Å²) >= 11 is 0. The summed E-state index contributed by atoms with van der Waals surface area (Å²) in [7, 11) is 0. The number of aryl methyl sites for hydroxylation is 1. The number of carbonyl (C=O) groups excluding carboxylic acids is 1. The number of hydrogen-bond acceptors (Lipinski definition) is 5. The number of phenolic OH excluding ortho intramolecular Hbond substituents is 1. The maximum absolute atomic E-state index is 12.3. The molecule has 1 amide bonds. The molecule has 0 fully saturated rings. The molecular weight excluding hydrogens is 378 g/mol. The number of phenols is 1. The molecule has 1 aliphatic carbocycles. The van der Waals surface area contributed by atoms with Gasteiger partial charge in [-0.25, -0.2) is 9.97 Å². The van der Waals surface area contributed by atoms with Crippen LogP contribution in [0.15, 0.2) is 54.9 Å². The number of hydrogen-bond donors (Lipinski definition) is 3. The molecule has 0 saturated heterocycles.